The number of aliphatic hydroxyl groups excluding tert-OH is 1. The number of ketones is 1. The number of β-amino-alcohol motifs (C(OH)–C–C–N with tert-alkyl or cyclic N) is 1. The molecule has 0 bridgehead atoms. The monoisotopic (exact) mass is 257 g/mol. The number of carbonyl (C=O) groups is 2. The van der Waals surface area contributed by atoms with Crippen molar-refractivity contribution in [3.63, 3.8) is 0 Å². The van der Waals surface area contributed by atoms with Crippen molar-refractivity contribution >= 4 is 11.9 Å². The number of nitrogens with zero attached hydrogens (tertiary/aromatic N) is 1. The Morgan fingerprint density at radius 1 is 1.33 bits per heavy atom. The smallest absolute Gasteiger partial charge is 0.410 e. The van der Waals surface area contributed by atoms with E-state index in [1.165, 1.54) is 4.90 Å². The summed E-state index contributed by atoms with van der Waals surface area (Å²) in [6.45, 7) is 9.07. The predicted octanol–water partition coefficient (Wildman–Crippen LogP) is 1.58. The fourth-order valence-electron chi connectivity index (χ4n) is 1.99. The number of likely N-dealkylation sites (tertiary alicyclic amines) is 1. The van der Waals surface area contributed by atoms with Gasteiger partial charge in [0.2, 0.25) is 0 Å². The van der Waals surface area contributed by atoms with Crippen LogP contribution < -0.4 is 0 Å². The second kappa shape index (κ2) is 5.26. The molecule has 0 saturated carbocycles. The Labute approximate surface area is 108 Å². The number of ether oxygens (including phenoxy) is 1. The van der Waals surface area contributed by atoms with Crippen LogP contribution in [-0.4, -0.2) is 46.2 Å². The molecule has 0 aliphatic carbocycles. The van der Waals surface area contributed by atoms with Crippen LogP contribution in [-0.2, 0) is 9.53 Å². The van der Waals surface area contributed by atoms with E-state index in [1.807, 2.05) is 0 Å². The molecule has 1 saturated heterocycles. The van der Waals surface area contributed by atoms with Gasteiger partial charge in [0.25, 0.3) is 0 Å². The zero-order valence-corrected chi connectivity index (χ0v) is 11.8. The summed E-state index contributed by atoms with van der Waals surface area (Å²) in [5.74, 6) is -0.192. The summed E-state index contributed by atoms with van der Waals surface area (Å²) >= 11 is 0. The number of Topliss-reactive ketones (excluding diaryl/α,β-unsaturated/α-hetero) is 1. The Bertz CT molecular complexity index is 332. The van der Waals surface area contributed by atoms with Crippen molar-refractivity contribution < 1.29 is 19.4 Å². The van der Waals surface area contributed by atoms with E-state index in [2.05, 4.69) is 0 Å². The highest BCUT2D eigenvalue weighted by molar-refractivity contribution is 5.89. The fourth-order valence-corrected chi connectivity index (χ4v) is 1.99. The Hall–Kier alpha value is -1.10. The van der Waals surface area contributed by atoms with Crippen LogP contribution in [0.3, 0.4) is 0 Å². The zero-order chi connectivity index (χ0) is 14.1. The Kier molecular flexibility index (Phi) is 4.37. The first kappa shape index (κ1) is 15.0. The summed E-state index contributed by atoms with van der Waals surface area (Å²) in [5.41, 5.74) is -0.601. The highest BCUT2D eigenvalue weighted by Gasteiger charge is 2.41. The zero-order valence-electron chi connectivity index (χ0n) is 11.8. The van der Waals surface area contributed by atoms with Crippen LogP contribution in [0.25, 0.3) is 0 Å². The Balaban J connectivity index is 2.79. The maximum atomic E-state index is 12.0. The Morgan fingerprint density at radius 3 is 2.33 bits per heavy atom. The van der Waals surface area contributed by atoms with E-state index >= 15 is 0 Å². The molecular weight excluding hydrogens is 234 g/mol. The van der Waals surface area contributed by atoms with Gasteiger partial charge in [-0.15, -0.1) is 0 Å². The first-order valence-electron chi connectivity index (χ1n) is 6.33. The van der Waals surface area contributed by atoms with E-state index < -0.39 is 23.8 Å². The van der Waals surface area contributed by atoms with E-state index in [0.717, 1.165) is 0 Å². The van der Waals surface area contributed by atoms with Crippen LogP contribution in [0.2, 0.25) is 0 Å². The molecule has 0 aromatic rings. The number of amides is 1. The van der Waals surface area contributed by atoms with Gasteiger partial charge in [0.05, 0.1) is 18.7 Å². The number of carbonyl (C=O) groups excluding carboxylic acids is 2. The molecule has 0 aromatic heterocycles. The number of aliphatic hydroxyl groups is 1. The largest absolute Gasteiger partial charge is 0.444 e. The van der Waals surface area contributed by atoms with Gasteiger partial charge in [-0.3, -0.25) is 9.69 Å². The maximum Gasteiger partial charge on any atom is 0.410 e. The van der Waals surface area contributed by atoms with E-state index in [9.17, 15) is 14.7 Å². The standard InChI is InChI=1S/C13H23NO4/c1-8(2)11(16)10-6-9(15)7-14(10)12(17)18-13(3,4)5/h8-10,15H,6-7H2,1-5H3/t9-,10+/m1/s1. The average molecular weight is 257 g/mol. The van der Waals surface area contributed by atoms with Gasteiger partial charge >= 0.3 is 6.09 Å². The molecule has 0 aromatic carbocycles. The van der Waals surface area contributed by atoms with Crippen LogP contribution in [0, 0.1) is 5.92 Å². The summed E-state index contributed by atoms with van der Waals surface area (Å²) in [4.78, 5) is 25.3. The van der Waals surface area contributed by atoms with E-state index in [4.69, 9.17) is 4.74 Å². The maximum absolute atomic E-state index is 12.0. The molecule has 0 unspecified atom stereocenters. The molecule has 0 spiro atoms. The van der Waals surface area contributed by atoms with Crippen LogP contribution in [0.15, 0.2) is 0 Å². The minimum Gasteiger partial charge on any atom is -0.444 e. The fraction of sp³-hybridized carbons (Fsp3) is 0.846. The van der Waals surface area contributed by atoms with E-state index in [1.54, 1.807) is 34.6 Å². The van der Waals surface area contributed by atoms with Crippen molar-refractivity contribution in [1.29, 1.82) is 0 Å². The molecule has 1 heterocycles. The summed E-state index contributed by atoms with van der Waals surface area (Å²) in [7, 11) is 0. The first-order valence-corrected chi connectivity index (χ1v) is 6.33. The molecule has 0 radical (unpaired) electrons. The molecule has 1 amide bonds. The summed E-state index contributed by atoms with van der Waals surface area (Å²) < 4.78 is 5.25. The van der Waals surface area contributed by atoms with Gasteiger partial charge < -0.3 is 9.84 Å². The van der Waals surface area contributed by atoms with Crippen molar-refractivity contribution in [2.24, 2.45) is 5.92 Å². The van der Waals surface area contributed by atoms with Crippen LogP contribution >= 0.6 is 0 Å². The SMILES string of the molecule is CC(C)C(=O)[C@@H]1C[C@@H](O)CN1C(=O)OC(C)(C)C. The van der Waals surface area contributed by atoms with Crippen LogP contribution in [0.1, 0.15) is 41.0 Å². The summed E-state index contributed by atoms with van der Waals surface area (Å²) in [5, 5.41) is 9.65. The van der Waals surface area contributed by atoms with E-state index in [0.29, 0.717) is 6.42 Å². The molecule has 5 heteroatoms. The first-order chi connectivity index (χ1) is 8.11. The van der Waals surface area contributed by atoms with Gasteiger partial charge in [0, 0.05) is 12.3 Å². The summed E-state index contributed by atoms with van der Waals surface area (Å²) in [6, 6.07) is -0.560. The topological polar surface area (TPSA) is 66.8 Å². The second-order valence-electron chi connectivity index (χ2n) is 6.10. The molecule has 5 nitrogen and oxygen atoms in total. The second-order valence-corrected chi connectivity index (χ2v) is 6.10. The quantitative estimate of drug-likeness (QED) is 0.815. The molecular formula is C13H23NO4. The number of rotatable bonds is 2. The lowest BCUT2D eigenvalue weighted by molar-refractivity contribution is -0.126. The van der Waals surface area contributed by atoms with Crippen molar-refractivity contribution in [2.45, 2.75) is 58.8 Å². The van der Waals surface area contributed by atoms with Crippen molar-refractivity contribution in [3.8, 4) is 0 Å². The van der Waals surface area contributed by atoms with Crippen LogP contribution in [0.5, 0.6) is 0 Å². The highest BCUT2D eigenvalue weighted by atomic mass is 16.6. The molecule has 1 fully saturated rings. The lowest BCUT2D eigenvalue weighted by Gasteiger charge is -2.28. The van der Waals surface area contributed by atoms with Crippen molar-refractivity contribution in [3.05, 3.63) is 0 Å². The molecule has 18 heavy (non-hydrogen) atoms. The molecule has 104 valence electrons. The van der Waals surface area contributed by atoms with E-state index in [-0.39, 0.29) is 18.2 Å². The van der Waals surface area contributed by atoms with Crippen molar-refractivity contribution in [2.75, 3.05) is 6.54 Å². The Morgan fingerprint density at radius 2 is 1.89 bits per heavy atom. The predicted molar refractivity (Wildman–Crippen MR) is 67.2 cm³/mol. The lowest BCUT2D eigenvalue weighted by Crippen LogP contribution is -2.44. The molecule has 1 aliphatic rings. The van der Waals surface area contributed by atoms with Gasteiger partial charge in [0.15, 0.2) is 5.78 Å². The van der Waals surface area contributed by atoms with Gasteiger partial charge in [-0.2, -0.15) is 0 Å². The number of hydrogen-bond donors (Lipinski definition) is 1. The minimum atomic E-state index is -0.648. The third-order valence-electron chi connectivity index (χ3n) is 2.80. The van der Waals surface area contributed by atoms with Gasteiger partial charge in [-0.05, 0) is 20.8 Å². The molecule has 1 N–H and O–H groups in total. The molecule has 1 rings (SSSR count). The normalized spacial score (nSPS) is 24.5. The van der Waals surface area contributed by atoms with Gasteiger partial charge in [-0.25, -0.2) is 4.79 Å². The minimum absolute atomic E-state index is 0.0302. The van der Waals surface area contributed by atoms with Crippen LogP contribution in [0.4, 0.5) is 4.79 Å². The molecule has 2 atom stereocenters. The van der Waals surface area contributed by atoms with Gasteiger partial charge in [0.1, 0.15) is 5.60 Å². The highest BCUT2D eigenvalue weighted by Crippen LogP contribution is 2.23. The molecule has 1 aliphatic heterocycles. The lowest BCUT2D eigenvalue weighted by atomic mass is 9.99. The third kappa shape index (κ3) is 3.70. The third-order valence-corrected chi connectivity index (χ3v) is 2.80. The summed E-state index contributed by atoms with van der Waals surface area (Å²) in [6.07, 6.45) is -0.876. The number of hydrogen-bond acceptors (Lipinski definition) is 4. The average Bonchev–Trinajstić information content (AvgIpc) is 2.56. The van der Waals surface area contributed by atoms with Crippen molar-refractivity contribution in [1.82, 2.24) is 4.90 Å². The van der Waals surface area contributed by atoms with Gasteiger partial charge in [-0.1, -0.05) is 13.8 Å².